The molecule has 0 heterocycles. The molecule has 1 atom stereocenters. The van der Waals surface area contributed by atoms with Gasteiger partial charge in [-0.3, -0.25) is 0 Å². The summed E-state index contributed by atoms with van der Waals surface area (Å²) < 4.78 is 0. The van der Waals surface area contributed by atoms with Crippen molar-refractivity contribution in [3.8, 4) is 0 Å². The number of nitrogens with two attached hydrogens (primary N) is 1. The zero-order chi connectivity index (χ0) is 7.98. The highest BCUT2D eigenvalue weighted by Crippen LogP contribution is 2.09. The average Bonchev–Trinajstić information content (AvgIpc) is 1.98. The molecule has 0 rings (SSSR count). The van der Waals surface area contributed by atoms with Crippen molar-refractivity contribution >= 4 is 12.6 Å². The Morgan fingerprint density at radius 1 is 1.80 bits per heavy atom. The van der Waals surface area contributed by atoms with Crippen molar-refractivity contribution in [1.82, 2.24) is 0 Å². The Morgan fingerprint density at radius 2 is 2.40 bits per heavy atom. The SMILES string of the molecule is C=C=C(S)C(N)CCCC. The molecule has 1 unspecified atom stereocenters. The van der Waals surface area contributed by atoms with Gasteiger partial charge in [-0.2, -0.15) is 0 Å². The Kier molecular flexibility index (Phi) is 5.51. The summed E-state index contributed by atoms with van der Waals surface area (Å²) in [6.45, 7) is 5.61. The van der Waals surface area contributed by atoms with Crippen LogP contribution in [-0.2, 0) is 0 Å². The van der Waals surface area contributed by atoms with Gasteiger partial charge in [-0.25, -0.2) is 0 Å². The van der Waals surface area contributed by atoms with Crippen molar-refractivity contribution < 1.29 is 0 Å². The van der Waals surface area contributed by atoms with E-state index in [1.54, 1.807) is 0 Å². The number of rotatable bonds is 4. The summed E-state index contributed by atoms with van der Waals surface area (Å²) in [4.78, 5) is 0.772. The van der Waals surface area contributed by atoms with E-state index in [0.717, 1.165) is 17.7 Å². The third-order valence-electron chi connectivity index (χ3n) is 1.40. The fourth-order valence-electron chi connectivity index (χ4n) is 0.692. The normalized spacial score (nSPS) is 12.3. The molecule has 0 aromatic heterocycles. The molecule has 10 heavy (non-hydrogen) atoms. The van der Waals surface area contributed by atoms with Gasteiger partial charge in [0.25, 0.3) is 0 Å². The fourth-order valence-corrected chi connectivity index (χ4v) is 0.821. The molecule has 0 spiro atoms. The van der Waals surface area contributed by atoms with Crippen LogP contribution in [0.4, 0.5) is 0 Å². The third-order valence-corrected chi connectivity index (χ3v) is 1.89. The first kappa shape index (κ1) is 9.83. The van der Waals surface area contributed by atoms with Crippen molar-refractivity contribution in [1.29, 1.82) is 0 Å². The van der Waals surface area contributed by atoms with Gasteiger partial charge in [0.2, 0.25) is 0 Å². The molecule has 0 saturated heterocycles. The van der Waals surface area contributed by atoms with Crippen molar-refractivity contribution in [2.24, 2.45) is 5.73 Å². The van der Waals surface area contributed by atoms with Crippen LogP contribution in [0.5, 0.6) is 0 Å². The predicted octanol–water partition coefficient (Wildman–Crippen LogP) is 2.10. The molecular weight excluding hydrogens is 142 g/mol. The molecule has 0 aromatic carbocycles. The van der Waals surface area contributed by atoms with Crippen LogP contribution in [0.1, 0.15) is 26.2 Å². The van der Waals surface area contributed by atoms with Gasteiger partial charge in [0.15, 0.2) is 0 Å². The number of hydrogen-bond donors (Lipinski definition) is 2. The number of unbranched alkanes of at least 4 members (excludes halogenated alkanes) is 1. The Bertz CT molecular complexity index is 136. The minimum Gasteiger partial charge on any atom is -0.323 e. The zero-order valence-corrected chi connectivity index (χ0v) is 7.32. The Balaban J connectivity index is 3.62. The molecule has 58 valence electrons. The zero-order valence-electron chi connectivity index (χ0n) is 6.43. The minimum atomic E-state index is 0.0424. The van der Waals surface area contributed by atoms with Crippen molar-refractivity contribution in [2.75, 3.05) is 0 Å². The van der Waals surface area contributed by atoms with E-state index in [2.05, 4.69) is 31.9 Å². The van der Waals surface area contributed by atoms with E-state index in [1.807, 2.05) is 0 Å². The van der Waals surface area contributed by atoms with E-state index in [1.165, 1.54) is 6.42 Å². The van der Waals surface area contributed by atoms with Crippen LogP contribution in [-0.4, -0.2) is 6.04 Å². The van der Waals surface area contributed by atoms with Crippen molar-refractivity contribution in [3.05, 3.63) is 17.2 Å². The maximum absolute atomic E-state index is 5.70. The molecule has 0 radical (unpaired) electrons. The molecule has 0 fully saturated rings. The lowest BCUT2D eigenvalue weighted by Crippen LogP contribution is -2.19. The van der Waals surface area contributed by atoms with Gasteiger partial charge in [-0.1, -0.05) is 26.3 Å². The predicted molar refractivity (Wildman–Crippen MR) is 49.1 cm³/mol. The van der Waals surface area contributed by atoms with Crippen LogP contribution in [0, 0.1) is 0 Å². The largest absolute Gasteiger partial charge is 0.323 e. The first-order valence-electron chi connectivity index (χ1n) is 3.56. The van der Waals surface area contributed by atoms with E-state index in [0.29, 0.717) is 0 Å². The Hall–Kier alpha value is -0.170. The average molecular weight is 157 g/mol. The van der Waals surface area contributed by atoms with Crippen LogP contribution in [0.15, 0.2) is 17.2 Å². The highest BCUT2D eigenvalue weighted by molar-refractivity contribution is 7.84. The summed E-state index contributed by atoms with van der Waals surface area (Å²) in [7, 11) is 0. The van der Waals surface area contributed by atoms with E-state index < -0.39 is 0 Å². The summed E-state index contributed by atoms with van der Waals surface area (Å²) >= 11 is 4.12. The molecule has 2 heteroatoms. The minimum absolute atomic E-state index is 0.0424. The van der Waals surface area contributed by atoms with Crippen LogP contribution in [0.25, 0.3) is 0 Å². The molecular formula is C8H15NS. The maximum atomic E-state index is 5.70. The quantitative estimate of drug-likeness (QED) is 0.474. The van der Waals surface area contributed by atoms with E-state index in [9.17, 15) is 0 Å². The van der Waals surface area contributed by atoms with Crippen molar-refractivity contribution in [2.45, 2.75) is 32.2 Å². The molecule has 1 nitrogen and oxygen atoms in total. The highest BCUT2D eigenvalue weighted by Gasteiger charge is 2.02. The van der Waals surface area contributed by atoms with Gasteiger partial charge in [-0.05, 0) is 6.42 Å². The lowest BCUT2D eigenvalue weighted by molar-refractivity contribution is 0.651. The van der Waals surface area contributed by atoms with Crippen LogP contribution >= 0.6 is 12.6 Å². The molecule has 0 aliphatic carbocycles. The number of hydrogen-bond acceptors (Lipinski definition) is 2. The Morgan fingerprint density at radius 3 is 2.80 bits per heavy atom. The van der Waals surface area contributed by atoms with Gasteiger partial charge in [0, 0.05) is 10.9 Å². The molecule has 0 aliphatic heterocycles. The molecule has 0 aromatic rings. The smallest absolute Gasteiger partial charge is 0.0427 e. The lowest BCUT2D eigenvalue weighted by Gasteiger charge is -2.07. The summed E-state index contributed by atoms with van der Waals surface area (Å²) in [6, 6.07) is 0.0424. The van der Waals surface area contributed by atoms with Crippen molar-refractivity contribution in [3.63, 3.8) is 0 Å². The van der Waals surface area contributed by atoms with Gasteiger partial charge in [0.05, 0.1) is 0 Å². The van der Waals surface area contributed by atoms with Gasteiger partial charge < -0.3 is 5.73 Å². The molecule has 0 bridgehead atoms. The first-order valence-corrected chi connectivity index (χ1v) is 4.01. The maximum Gasteiger partial charge on any atom is 0.0427 e. The summed E-state index contributed by atoms with van der Waals surface area (Å²) in [5, 5.41) is 0. The second kappa shape index (κ2) is 5.60. The highest BCUT2D eigenvalue weighted by atomic mass is 32.1. The van der Waals surface area contributed by atoms with E-state index in [4.69, 9.17) is 5.73 Å². The van der Waals surface area contributed by atoms with E-state index in [-0.39, 0.29) is 6.04 Å². The molecule has 2 N–H and O–H groups in total. The lowest BCUT2D eigenvalue weighted by atomic mass is 10.1. The summed E-state index contributed by atoms with van der Waals surface area (Å²) in [5.41, 5.74) is 8.38. The Labute approximate surface area is 68.4 Å². The standard InChI is InChI=1S/C8H15NS/c1-3-5-6-7(9)8(10)4-2/h7,10H,2-3,5-6,9H2,1H3. The molecule has 0 amide bonds. The van der Waals surface area contributed by atoms with Crippen LogP contribution in [0.3, 0.4) is 0 Å². The van der Waals surface area contributed by atoms with E-state index >= 15 is 0 Å². The second-order valence-corrected chi connectivity index (χ2v) is 2.79. The monoisotopic (exact) mass is 157 g/mol. The second-order valence-electron chi connectivity index (χ2n) is 2.31. The van der Waals surface area contributed by atoms with Gasteiger partial charge in [0.1, 0.15) is 0 Å². The third kappa shape index (κ3) is 3.78. The fraction of sp³-hybridized carbons (Fsp3) is 0.625. The van der Waals surface area contributed by atoms with Gasteiger partial charge in [-0.15, -0.1) is 18.4 Å². The summed E-state index contributed by atoms with van der Waals surface area (Å²) in [5.74, 6) is 0. The molecule has 0 saturated carbocycles. The number of thiol groups is 1. The van der Waals surface area contributed by atoms with Gasteiger partial charge >= 0.3 is 0 Å². The van der Waals surface area contributed by atoms with Crippen LogP contribution < -0.4 is 5.73 Å². The summed E-state index contributed by atoms with van der Waals surface area (Å²) in [6.07, 6.45) is 3.30. The van der Waals surface area contributed by atoms with Crippen LogP contribution in [0.2, 0.25) is 0 Å². The first-order chi connectivity index (χ1) is 4.72. The molecule has 0 aliphatic rings. The topological polar surface area (TPSA) is 26.0 Å².